The molecule has 0 saturated carbocycles. The van der Waals surface area contributed by atoms with Gasteiger partial charge >= 0.3 is 5.69 Å². The lowest BCUT2D eigenvalue weighted by Crippen LogP contribution is -2.48. The van der Waals surface area contributed by atoms with Crippen molar-refractivity contribution >= 4 is 22.5 Å². The van der Waals surface area contributed by atoms with Crippen LogP contribution in [-0.4, -0.2) is 66.4 Å². The van der Waals surface area contributed by atoms with E-state index in [0.29, 0.717) is 49.3 Å². The molecule has 0 bridgehead atoms. The van der Waals surface area contributed by atoms with Crippen LogP contribution in [-0.2, 0) is 11.3 Å². The fraction of sp³-hybridized carbons (Fsp3) is 0.400. The number of rotatable bonds is 5. The van der Waals surface area contributed by atoms with Crippen molar-refractivity contribution in [3.8, 4) is 5.75 Å². The van der Waals surface area contributed by atoms with Crippen molar-refractivity contribution in [1.82, 2.24) is 14.5 Å². The molecule has 1 amide bonds. The number of fused-ring (bicyclic) bond motifs is 1. The van der Waals surface area contributed by atoms with Gasteiger partial charge in [0.05, 0.1) is 36.3 Å². The molecule has 34 heavy (non-hydrogen) atoms. The van der Waals surface area contributed by atoms with Gasteiger partial charge in [0.25, 0.3) is 11.5 Å². The van der Waals surface area contributed by atoms with Gasteiger partial charge in [0.15, 0.2) is 0 Å². The van der Waals surface area contributed by atoms with Crippen molar-refractivity contribution < 1.29 is 14.3 Å². The van der Waals surface area contributed by atoms with E-state index in [1.165, 1.54) is 4.57 Å². The van der Waals surface area contributed by atoms with E-state index in [1.54, 1.807) is 30.2 Å². The predicted octanol–water partition coefficient (Wildman–Crippen LogP) is 1.84. The molecule has 0 unspecified atom stereocenters. The molecule has 0 radical (unpaired) electrons. The standard InChI is InChI=1S/C25H28N4O5/c1-33-22-7-3-2-6-21(22)27-10-12-28(13-11-27)23(30)17-8-9-19-20(15-17)26-25(32)29(24(19)31)16-18-5-4-14-34-18/h2-3,6-9,15,18H,4-5,10-14,16H2,1H3,(H,26,32)/t18-/m0/s1. The molecule has 9 heteroatoms. The molecule has 1 N–H and O–H groups in total. The first kappa shape index (κ1) is 22.2. The lowest BCUT2D eigenvalue weighted by molar-refractivity contribution is 0.0747. The van der Waals surface area contributed by atoms with Crippen LogP contribution in [0.2, 0.25) is 0 Å². The molecule has 178 valence electrons. The number of H-pyrrole nitrogens is 1. The topological polar surface area (TPSA) is 96.9 Å². The highest BCUT2D eigenvalue weighted by Gasteiger charge is 2.24. The zero-order valence-electron chi connectivity index (χ0n) is 19.2. The van der Waals surface area contributed by atoms with Gasteiger partial charge in [-0.2, -0.15) is 0 Å². The monoisotopic (exact) mass is 464 g/mol. The number of benzene rings is 2. The first-order valence-corrected chi connectivity index (χ1v) is 11.6. The van der Waals surface area contributed by atoms with Crippen molar-refractivity contribution in [2.45, 2.75) is 25.5 Å². The molecule has 2 saturated heterocycles. The van der Waals surface area contributed by atoms with Gasteiger partial charge in [-0.15, -0.1) is 0 Å². The van der Waals surface area contributed by atoms with Crippen LogP contribution >= 0.6 is 0 Å². The Kier molecular flexibility index (Phi) is 6.10. The first-order valence-electron chi connectivity index (χ1n) is 11.6. The second-order valence-electron chi connectivity index (χ2n) is 8.69. The van der Waals surface area contributed by atoms with Crippen LogP contribution in [0.25, 0.3) is 10.9 Å². The summed E-state index contributed by atoms with van der Waals surface area (Å²) in [5.41, 5.74) is 0.989. The normalized spacial score (nSPS) is 18.4. The zero-order valence-corrected chi connectivity index (χ0v) is 19.2. The third-order valence-electron chi connectivity index (χ3n) is 6.63. The van der Waals surface area contributed by atoms with Crippen LogP contribution in [0.5, 0.6) is 5.75 Å². The highest BCUT2D eigenvalue weighted by molar-refractivity contribution is 5.97. The Labute approximate surface area is 196 Å². The highest BCUT2D eigenvalue weighted by atomic mass is 16.5. The fourth-order valence-electron chi connectivity index (χ4n) is 4.77. The van der Waals surface area contributed by atoms with Crippen molar-refractivity contribution in [3.63, 3.8) is 0 Å². The number of methoxy groups -OCH3 is 1. The SMILES string of the molecule is COc1ccccc1N1CCN(C(=O)c2ccc3c(=O)n(C[C@@H]4CCCO4)c(=O)[nH]c3c2)CC1. The second-order valence-corrected chi connectivity index (χ2v) is 8.69. The molecule has 1 aromatic heterocycles. The Balaban J connectivity index is 1.33. The number of aromatic nitrogens is 2. The van der Waals surface area contributed by atoms with Crippen LogP contribution in [0.3, 0.4) is 0 Å². The number of hydrogen-bond acceptors (Lipinski definition) is 6. The summed E-state index contributed by atoms with van der Waals surface area (Å²) in [5, 5.41) is 0.384. The maximum Gasteiger partial charge on any atom is 0.328 e. The van der Waals surface area contributed by atoms with Gasteiger partial charge in [-0.05, 0) is 43.2 Å². The molecule has 2 aliphatic rings. The summed E-state index contributed by atoms with van der Waals surface area (Å²) in [6.07, 6.45) is 1.65. The van der Waals surface area contributed by atoms with E-state index < -0.39 is 5.69 Å². The van der Waals surface area contributed by atoms with Gasteiger partial charge in [0, 0.05) is 38.3 Å². The summed E-state index contributed by atoms with van der Waals surface area (Å²) in [6.45, 7) is 3.39. The van der Waals surface area contributed by atoms with E-state index >= 15 is 0 Å². The van der Waals surface area contributed by atoms with E-state index in [9.17, 15) is 14.4 Å². The number of amides is 1. The van der Waals surface area contributed by atoms with E-state index in [2.05, 4.69) is 9.88 Å². The minimum absolute atomic E-state index is 0.119. The molecule has 2 aliphatic heterocycles. The van der Waals surface area contributed by atoms with Gasteiger partial charge in [0.2, 0.25) is 0 Å². The van der Waals surface area contributed by atoms with Gasteiger partial charge < -0.3 is 24.3 Å². The van der Waals surface area contributed by atoms with E-state index in [-0.39, 0.29) is 24.1 Å². The Hall–Kier alpha value is -3.59. The summed E-state index contributed by atoms with van der Waals surface area (Å²) >= 11 is 0. The Morgan fingerprint density at radius 3 is 2.65 bits per heavy atom. The van der Waals surface area contributed by atoms with E-state index in [4.69, 9.17) is 9.47 Å². The van der Waals surface area contributed by atoms with Crippen molar-refractivity contribution in [3.05, 3.63) is 68.9 Å². The third kappa shape index (κ3) is 4.19. The number of nitrogens with one attached hydrogen (secondary N) is 1. The molecule has 2 fully saturated rings. The Bertz CT molecular complexity index is 1320. The lowest BCUT2D eigenvalue weighted by Gasteiger charge is -2.36. The number of anilines is 1. The fourth-order valence-corrected chi connectivity index (χ4v) is 4.77. The van der Waals surface area contributed by atoms with Crippen LogP contribution < -0.4 is 20.9 Å². The molecule has 0 aliphatic carbocycles. The lowest BCUT2D eigenvalue weighted by atomic mass is 10.1. The summed E-state index contributed by atoms with van der Waals surface area (Å²) in [4.78, 5) is 45.4. The molecular weight excluding hydrogens is 436 g/mol. The minimum atomic E-state index is -0.483. The average Bonchev–Trinajstić information content (AvgIpc) is 3.39. The molecule has 9 nitrogen and oxygen atoms in total. The molecule has 5 rings (SSSR count). The summed E-state index contributed by atoms with van der Waals surface area (Å²) in [5.74, 6) is 0.692. The number of ether oxygens (including phenoxy) is 2. The number of carbonyl (C=O) groups excluding carboxylic acids is 1. The molecular formula is C25H28N4O5. The number of para-hydroxylation sites is 2. The first-order chi connectivity index (χ1) is 16.5. The number of carbonyl (C=O) groups is 1. The number of hydrogen-bond donors (Lipinski definition) is 1. The average molecular weight is 465 g/mol. The third-order valence-corrected chi connectivity index (χ3v) is 6.63. The maximum atomic E-state index is 13.2. The van der Waals surface area contributed by atoms with Crippen molar-refractivity contribution in [2.75, 3.05) is 44.8 Å². The van der Waals surface area contributed by atoms with E-state index in [0.717, 1.165) is 24.3 Å². The van der Waals surface area contributed by atoms with Crippen molar-refractivity contribution in [2.24, 2.45) is 0 Å². The van der Waals surface area contributed by atoms with Crippen LogP contribution in [0.4, 0.5) is 5.69 Å². The maximum absolute atomic E-state index is 13.2. The second kappa shape index (κ2) is 9.34. The smallest absolute Gasteiger partial charge is 0.328 e. The molecule has 3 heterocycles. The molecule has 0 spiro atoms. The molecule has 2 aromatic carbocycles. The van der Waals surface area contributed by atoms with Crippen LogP contribution in [0.15, 0.2) is 52.1 Å². The number of nitrogens with zero attached hydrogens (tertiary/aromatic N) is 3. The van der Waals surface area contributed by atoms with Gasteiger partial charge in [-0.3, -0.25) is 14.2 Å². The van der Waals surface area contributed by atoms with Gasteiger partial charge in [-0.1, -0.05) is 12.1 Å². The summed E-state index contributed by atoms with van der Waals surface area (Å²) in [6, 6.07) is 12.7. The van der Waals surface area contributed by atoms with E-state index in [1.807, 2.05) is 24.3 Å². The van der Waals surface area contributed by atoms with Crippen LogP contribution in [0.1, 0.15) is 23.2 Å². The number of aromatic amines is 1. The zero-order chi connectivity index (χ0) is 23.7. The minimum Gasteiger partial charge on any atom is -0.495 e. The summed E-state index contributed by atoms with van der Waals surface area (Å²) < 4.78 is 12.2. The highest BCUT2D eigenvalue weighted by Crippen LogP contribution is 2.28. The predicted molar refractivity (Wildman–Crippen MR) is 129 cm³/mol. The van der Waals surface area contributed by atoms with Crippen molar-refractivity contribution in [1.29, 1.82) is 0 Å². The summed E-state index contributed by atoms with van der Waals surface area (Å²) in [7, 11) is 1.65. The Morgan fingerprint density at radius 2 is 1.91 bits per heavy atom. The largest absolute Gasteiger partial charge is 0.495 e. The number of piperazine rings is 1. The molecule has 1 atom stereocenters. The molecule has 3 aromatic rings. The Morgan fingerprint density at radius 1 is 1.12 bits per heavy atom. The quantitative estimate of drug-likeness (QED) is 0.619. The van der Waals surface area contributed by atoms with Gasteiger partial charge in [-0.25, -0.2) is 4.79 Å². The van der Waals surface area contributed by atoms with Gasteiger partial charge in [0.1, 0.15) is 5.75 Å². The van der Waals surface area contributed by atoms with Crippen LogP contribution in [0, 0.1) is 0 Å².